The Bertz CT molecular complexity index is 866. The monoisotopic (exact) mass is 274 g/mol. The minimum Gasteiger partial charge on any atom is -0.423 e. The molecule has 0 aliphatic rings. The van der Waals surface area contributed by atoms with Gasteiger partial charge in [0.05, 0.1) is 0 Å². The van der Waals surface area contributed by atoms with Gasteiger partial charge in [-0.3, -0.25) is 0 Å². The summed E-state index contributed by atoms with van der Waals surface area (Å²) < 4.78 is 0. The predicted octanol–water partition coefficient (Wildman–Crippen LogP) is 2.96. The molecule has 3 rings (SSSR count). The molecule has 2 N–H and O–H groups in total. The number of hydrogen-bond acceptors (Lipinski definition) is 2. The summed E-state index contributed by atoms with van der Waals surface area (Å²) in [5.41, 5.74) is 2.03. The van der Waals surface area contributed by atoms with E-state index in [2.05, 4.69) is 19.2 Å². The maximum Gasteiger partial charge on any atom is 0.489 e. The summed E-state index contributed by atoms with van der Waals surface area (Å²) in [7, 11) is -1.55. The van der Waals surface area contributed by atoms with Gasteiger partial charge in [-0.25, -0.2) is 0 Å². The quantitative estimate of drug-likeness (QED) is 0.569. The fourth-order valence-electron chi connectivity index (χ4n) is 2.83. The van der Waals surface area contributed by atoms with Crippen molar-refractivity contribution < 1.29 is 10.0 Å². The van der Waals surface area contributed by atoms with Crippen molar-refractivity contribution in [2.45, 2.75) is 0 Å². The molecule has 0 saturated heterocycles. The Morgan fingerprint density at radius 2 is 1.52 bits per heavy atom. The van der Waals surface area contributed by atoms with E-state index in [-0.39, 0.29) is 0 Å². The highest BCUT2D eigenvalue weighted by atomic mass is 16.4. The molecule has 0 aromatic heterocycles. The van der Waals surface area contributed by atoms with Gasteiger partial charge in [0, 0.05) is 0 Å². The van der Waals surface area contributed by atoms with Gasteiger partial charge in [-0.2, -0.15) is 0 Å². The van der Waals surface area contributed by atoms with Crippen LogP contribution in [0, 0.1) is 0 Å². The van der Waals surface area contributed by atoms with E-state index in [0.29, 0.717) is 11.0 Å². The average Bonchev–Trinajstić information content (AvgIpc) is 2.50. The molecule has 0 bridgehead atoms. The highest BCUT2D eigenvalue weighted by Gasteiger charge is 2.20. The third kappa shape index (κ3) is 2.17. The Balaban J connectivity index is 2.53. The number of rotatable bonds is 3. The molecular formula is C18H15BO2. The zero-order valence-electron chi connectivity index (χ0n) is 11.6. The molecule has 0 amide bonds. The van der Waals surface area contributed by atoms with Crippen LogP contribution in [0.2, 0.25) is 0 Å². The largest absolute Gasteiger partial charge is 0.489 e. The SMILES string of the molecule is C=Cc1cc2cc3ccccc3cc2c(B(O)O)c1C=C. The van der Waals surface area contributed by atoms with Crippen molar-refractivity contribution >= 4 is 46.3 Å². The third-order valence-corrected chi connectivity index (χ3v) is 3.80. The molecule has 3 heteroatoms. The van der Waals surface area contributed by atoms with E-state index in [0.717, 1.165) is 27.1 Å². The molecule has 0 aliphatic carbocycles. The molecule has 0 heterocycles. The molecule has 0 unspecified atom stereocenters. The summed E-state index contributed by atoms with van der Waals surface area (Å²) in [6.45, 7) is 7.58. The first-order chi connectivity index (χ1) is 10.2. The zero-order valence-corrected chi connectivity index (χ0v) is 11.6. The molecular weight excluding hydrogens is 259 g/mol. The Morgan fingerprint density at radius 1 is 0.857 bits per heavy atom. The first-order valence-corrected chi connectivity index (χ1v) is 6.76. The van der Waals surface area contributed by atoms with Gasteiger partial charge < -0.3 is 10.0 Å². The minimum atomic E-state index is -1.55. The van der Waals surface area contributed by atoms with Crippen molar-refractivity contribution in [3.8, 4) is 0 Å². The van der Waals surface area contributed by atoms with Gasteiger partial charge in [-0.05, 0) is 56.3 Å². The van der Waals surface area contributed by atoms with Crippen LogP contribution in [0.25, 0.3) is 33.7 Å². The van der Waals surface area contributed by atoms with Crippen molar-refractivity contribution in [3.05, 3.63) is 66.7 Å². The fraction of sp³-hybridized carbons (Fsp3) is 0. The van der Waals surface area contributed by atoms with Crippen molar-refractivity contribution in [1.29, 1.82) is 0 Å². The van der Waals surface area contributed by atoms with Crippen LogP contribution >= 0.6 is 0 Å². The van der Waals surface area contributed by atoms with E-state index in [1.54, 1.807) is 12.2 Å². The van der Waals surface area contributed by atoms with Gasteiger partial charge in [0.1, 0.15) is 0 Å². The summed E-state index contributed by atoms with van der Waals surface area (Å²) in [5.74, 6) is 0. The van der Waals surface area contributed by atoms with E-state index in [1.165, 1.54) is 0 Å². The van der Waals surface area contributed by atoms with Crippen molar-refractivity contribution in [2.24, 2.45) is 0 Å². The zero-order chi connectivity index (χ0) is 15.0. The molecule has 0 aliphatic heterocycles. The van der Waals surface area contributed by atoms with Gasteiger partial charge in [-0.1, -0.05) is 49.6 Å². The lowest BCUT2D eigenvalue weighted by Crippen LogP contribution is -2.33. The van der Waals surface area contributed by atoms with E-state index in [1.807, 2.05) is 36.4 Å². The second-order valence-electron chi connectivity index (χ2n) is 5.00. The molecule has 2 nitrogen and oxygen atoms in total. The fourth-order valence-corrected chi connectivity index (χ4v) is 2.83. The summed E-state index contributed by atoms with van der Waals surface area (Å²) in [6, 6.07) is 14.0. The smallest absolute Gasteiger partial charge is 0.423 e. The van der Waals surface area contributed by atoms with E-state index in [4.69, 9.17) is 0 Å². The molecule has 0 fully saturated rings. The summed E-state index contributed by atoms with van der Waals surface area (Å²) in [6.07, 6.45) is 3.35. The third-order valence-electron chi connectivity index (χ3n) is 3.80. The molecule has 0 spiro atoms. The van der Waals surface area contributed by atoms with E-state index < -0.39 is 7.12 Å². The normalized spacial score (nSPS) is 10.8. The van der Waals surface area contributed by atoms with Gasteiger partial charge in [0.25, 0.3) is 0 Å². The molecule has 102 valence electrons. The van der Waals surface area contributed by atoms with Crippen molar-refractivity contribution in [1.82, 2.24) is 0 Å². The lowest BCUT2D eigenvalue weighted by atomic mass is 9.72. The molecule has 0 saturated carbocycles. The standard InChI is InChI=1S/C18H15BO2/c1-3-12-9-15-10-13-7-5-6-8-14(13)11-17(15)18(19(20)21)16(12)4-2/h3-11,20-21H,1-2H2. The van der Waals surface area contributed by atoms with Crippen LogP contribution in [0.5, 0.6) is 0 Å². The highest BCUT2D eigenvalue weighted by molar-refractivity contribution is 6.63. The van der Waals surface area contributed by atoms with Gasteiger partial charge in [-0.15, -0.1) is 0 Å². The van der Waals surface area contributed by atoms with Crippen LogP contribution in [-0.4, -0.2) is 17.2 Å². The Kier molecular flexibility index (Phi) is 3.38. The first-order valence-electron chi connectivity index (χ1n) is 6.76. The molecule has 3 aromatic carbocycles. The summed E-state index contributed by atoms with van der Waals surface area (Å²) in [4.78, 5) is 0. The lowest BCUT2D eigenvalue weighted by Gasteiger charge is -2.14. The van der Waals surface area contributed by atoms with Crippen LogP contribution in [-0.2, 0) is 0 Å². The maximum absolute atomic E-state index is 9.80. The van der Waals surface area contributed by atoms with Crippen molar-refractivity contribution in [3.63, 3.8) is 0 Å². The summed E-state index contributed by atoms with van der Waals surface area (Å²) in [5, 5.41) is 23.6. The predicted molar refractivity (Wildman–Crippen MR) is 91.5 cm³/mol. The highest BCUT2D eigenvalue weighted by Crippen LogP contribution is 2.26. The van der Waals surface area contributed by atoms with Crippen LogP contribution in [0.15, 0.2) is 55.6 Å². The average molecular weight is 274 g/mol. The maximum atomic E-state index is 9.80. The van der Waals surface area contributed by atoms with Crippen LogP contribution in [0.1, 0.15) is 11.1 Å². The second-order valence-corrected chi connectivity index (χ2v) is 5.00. The molecule has 0 atom stereocenters. The Morgan fingerprint density at radius 3 is 2.10 bits per heavy atom. The van der Waals surface area contributed by atoms with Crippen LogP contribution in [0.3, 0.4) is 0 Å². The summed E-state index contributed by atoms with van der Waals surface area (Å²) >= 11 is 0. The first kappa shape index (κ1) is 13.6. The van der Waals surface area contributed by atoms with Gasteiger partial charge in [0.15, 0.2) is 0 Å². The van der Waals surface area contributed by atoms with Crippen LogP contribution < -0.4 is 5.46 Å². The number of fused-ring (bicyclic) bond motifs is 2. The number of hydrogen-bond donors (Lipinski definition) is 2. The van der Waals surface area contributed by atoms with E-state index in [9.17, 15) is 10.0 Å². The second kappa shape index (κ2) is 5.21. The van der Waals surface area contributed by atoms with Crippen molar-refractivity contribution in [2.75, 3.05) is 0 Å². The van der Waals surface area contributed by atoms with Gasteiger partial charge in [0.2, 0.25) is 0 Å². The lowest BCUT2D eigenvalue weighted by molar-refractivity contribution is 0.426. The molecule has 0 radical (unpaired) electrons. The number of benzene rings is 3. The minimum absolute atomic E-state index is 0.475. The van der Waals surface area contributed by atoms with Gasteiger partial charge >= 0.3 is 7.12 Å². The van der Waals surface area contributed by atoms with Crippen LogP contribution in [0.4, 0.5) is 0 Å². The van der Waals surface area contributed by atoms with E-state index >= 15 is 0 Å². The Labute approximate surface area is 123 Å². The topological polar surface area (TPSA) is 40.5 Å². The Hall–Kier alpha value is -2.36. The molecule has 3 aromatic rings. The molecule has 21 heavy (non-hydrogen) atoms.